The van der Waals surface area contributed by atoms with Gasteiger partial charge in [0, 0.05) is 34.7 Å². The number of aryl methyl sites for hydroxylation is 1. The first-order chi connectivity index (χ1) is 20.5. The van der Waals surface area contributed by atoms with Crippen molar-refractivity contribution in [2.24, 2.45) is 0 Å². The lowest BCUT2D eigenvalue weighted by atomic mass is 9.99. The zero-order chi connectivity index (χ0) is 29.6. The van der Waals surface area contributed by atoms with E-state index in [-0.39, 0.29) is 19.1 Å². The Morgan fingerprint density at radius 3 is 2.40 bits per heavy atom. The second-order valence-corrected chi connectivity index (χ2v) is 10.1. The van der Waals surface area contributed by atoms with Crippen LogP contribution in [0.3, 0.4) is 0 Å². The molecule has 3 aromatic carbocycles. The lowest BCUT2D eigenvalue weighted by Crippen LogP contribution is -2.39. The standard InChI is InChI=1S/C33H35N3O6/c1-40-30-15-21(16-31(41-2)32(30)42-3)29-17-26(25-13-20(7-6-12-37)10-11-28(25)36-29)33(39)35-23(19-38)14-22-18-34-27-9-5-4-8-24(22)27/h4-5,8-11,13,15-18,23,34,37-38H,6-7,12,14,19H2,1-3H3,(H,35,39)/t23-/m1/s1. The molecule has 1 atom stereocenters. The summed E-state index contributed by atoms with van der Waals surface area (Å²) < 4.78 is 16.6. The fourth-order valence-corrected chi connectivity index (χ4v) is 5.27. The number of rotatable bonds is 12. The first kappa shape index (κ1) is 28.9. The lowest BCUT2D eigenvalue weighted by Gasteiger charge is -2.18. The predicted octanol–water partition coefficient (Wildman–Crippen LogP) is 4.67. The minimum Gasteiger partial charge on any atom is -0.493 e. The fraction of sp³-hybridized carbons (Fsp3) is 0.273. The normalized spacial score (nSPS) is 11.9. The van der Waals surface area contributed by atoms with Gasteiger partial charge in [-0.1, -0.05) is 24.3 Å². The molecule has 5 rings (SSSR count). The molecule has 0 unspecified atom stereocenters. The van der Waals surface area contributed by atoms with Crippen LogP contribution in [0.4, 0.5) is 0 Å². The Morgan fingerprint density at radius 1 is 0.952 bits per heavy atom. The van der Waals surface area contributed by atoms with Crippen LogP contribution in [0.25, 0.3) is 33.1 Å². The van der Waals surface area contributed by atoms with Crippen molar-refractivity contribution in [2.45, 2.75) is 25.3 Å². The molecular formula is C33H35N3O6. The Bertz CT molecular complexity index is 1690. The highest BCUT2D eigenvalue weighted by Crippen LogP contribution is 2.41. The quantitative estimate of drug-likeness (QED) is 0.172. The van der Waals surface area contributed by atoms with Gasteiger partial charge in [-0.3, -0.25) is 4.79 Å². The number of para-hydroxylation sites is 1. The molecule has 0 radical (unpaired) electrons. The number of hydrogen-bond donors (Lipinski definition) is 4. The summed E-state index contributed by atoms with van der Waals surface area (Å²) >= 11 is 0. The highest BCUT2D eigenvalue weighted by molar-refractivity contribution is 6.07. The number of aromatic amines is 1. The average molecular weight is 570 g/mol. The van der Waals surface area contributed by atoms with Crippen LogP contribution in [0.15, 0.2) is 66.9 Å². The highest BCUT2D eigenvalue weighted by atomic mass is 16.5. The molecule has 0 saturated heterocycles. The van der Waals surface area contributed by atoms with Crippen LogP contribution in [0.5, 0.6) is 17.2 Å². The Labute approximate surface area is 244 Å². The third-order valence-electron chi connectivity index (χ3n) is 7.40. The van der Waals surface area contributed by atoms with Gasteiger partial charge in [-0.05, 0) is 66.8 Å². The molecule has 0 saturated carbocycles. The van der Waals surface area contributed by atoms with E-state index in [0.29, 0.717) is 64.2 Å². The third kappa shape index (κ3) is 5.88. The minimum atomic E-state index is -0.512. The summed E-state index contributed by atoms with van der Waals surface area (Å²) in [5.74, 6) is 1.07. The number of aromatic nitrogens is 2. The van der Waals surface area contributed by atoms with Gasteiger partial charge in [0.1, 0.15) is 0 Å². The van der Waals surface area contributed by atoms with Crippen molar-refractivity contribution in [2.75, 3.05) is 34.5 Å². The number of H-pyrrole nitrogens is 1. The van der Waals surface area contributed by atoms with Crippen molar-refractivity contribution in [3.8, 4) is 28.5 Å². The van der Waals surface area contributed by atoms with E-state index in [0.717, 1.165) is 22.0 Å². The Balaban J connectivity index is 1.56. The molecule has 218 valence electrons. The molecule has 0 aliphatic rings. The van der Waals surface area contributed by atoms with Crippen LogP contribution in [0, 0.1) is 0 Å². The lowest BCUT2D eigenvalue weighted by molar-refractivity contribution is 0.0918. The summed E-state index contributed by atoms with van der Waals surface area (Å²) in [6.07, 6.45) is 3.65. The maximum atomic E-state index is 13.9. The van der Waals surface area contributed by atoms with E-state index in [1.165, 1.54) is 0 Å². The summed E-state index contributed by atoms with van der Waals surface area (Å²) in [7, 11) is 4.63. The Morgan fingerprint density at radius 2 is 1.71 bits per heavy atom. The number of nitrogens with zero attached hydrogens (tertiary/aromatic N) is 1. The summed E-state index contributed by atoms with van der Waals surface area (Å²) in [5.41, 5.74) is 5.29. The maximum Gasteiger partial charge on any atom is 0.252 e. The van der Waals surface area contributed by atoms with Gasteiger partial charge in [0.25, 0.3) is 5.91 Å². The predicted molar refractivity (Wildman–Crippen MR) is 163 cm³/mol. The molecule has 2 aromatic heterocycles. The van der Waals surface area contributed by atoms with Crippen molar-refractivity contribution in [3.05, 3.63) is 83.6 Å². The van der Waals surface area contributed by atoms with Crippen LogP contribution < -0.4 is 19.5 Å². The van der Waals surface area contributed by atoms with Crippen molar-refractivity contribution < 1.29 is 29.2 Å². The molecule has 4 N–H and O–H groups in total. The summed E-state index contributed by atoms with van der Waals surface area (Å²) in [5, 5.41) is 24.4. The average Bonchev–Trinajstić information content (AvgIpc) is 3.44. The fourth-order valence-electron chi connectivity index (χ4n) is 5.27. The highest BCUT2D eigenvalue weighted by Gasteiger charge is 2.21. The van der Waals surface area contributed by atoms with Gasteiger partial charge >= 0.3 is 0 Å². The molecule has 1 amide bonds. The molecule has 0 fully saturated rings. The smallest absolute Gasteiger partial charge is 0.252 e. The number of aliphatic hydroxyl groups excluding tert-OH is 2. The maximum absolute atomic E-state index is 13.9. The number of ether oxygens (including phenoxy) is 3. The van der Waals surface area contributed by atoms with E-state index in [1.807, 2.05) is 48.7 Å². The molecule has 0 bridgehead atoms. The number of nitrogens with one attached hydrogen (secondary N) is 2. The summed E-state index contributed by atoms with van der Waals surface area (Å²) in [6.45, 7) is -0.147. The number of carbonyl (C=O) groups excluding carboxylic acids is 1. The molecule has 9 nitrogen and oxygen atoms in total. The van der Waals surface area contributed by atoms with E-state index in [4.69, 9.17) is 19.2 Å². The molecule has 42 heavy (non-hydrogen) atoms. The number of amides is 1. The largest absolute Gasteiger partial charge is 0.493 e. The van der Waals surface area contributed by atoms with E-state index >= 15 is 0 Å². The number of benzene rings is 3. The summed E-state index contributed by atoms with van der Waals surface area (Å²) in [4.78, 5) is 22.0. The minimum absolute atomic E-state index is 0.0791. The van der Waals surface area contributed by atoms with Gasteiger partial charge in [-0.2, -0.15) is 0 Å². The SMILES string of the molecule is COc1cc(-c2cc(C(=O)N[C@@H](CO)Cc3c[nH]c4ccccc34)c3cc(CCCO)ccc3n2)cc(OC)c1OC. The topological polar surface area (TPSA) is 126 Å². The van der Waals surface area contributed by atoms with Gasteiger partial charge in [-0.15, -0.1) is 0 Å². The number of pyridine rings is 1. The second kappa shape index (κ2) is 12.9. The molecule has 0 spiro atoms. The van der Waals surface area contributed by atoms with Gasteiger partial charge in [0.15, 0.2) is 11.5 Å². The molecule has 5 aromatic rings. The first-order valence-corrected chi connectivity index (χ1v) is 13.8. The second-order valence-electron chi connectivity index (χ2n) is 10.1. The van der Waals surface area contributed by atoms with E-state index in [1.54, 1.807) is 39.5 Å². The van der Waals surface area contributed by atoms with E-state index in [9.17, 15) is 15.0 Å². The first-order valence-electron chi connectivity index (χ1n) is 13.8. The van der Waals surface area contributed by atoms with Gasteiger partial charge in [-0.25, -0.2) is 4.98 Å². The monoisotopic (exact) mass is 569 g/mol. The number of hydrogen-bond acceptors (Lipinski definition) is 7. The Hall–Kier alpha value is -4.60. The number of methoxy groups -OCH3 is 3. The van der Waals surface area contributed by atoms with Crippen LogP contribution in [-0.4, -0.2) is 66.7 Å². The third-order valence-corrected chi connectivity index (χ3v) is 7.40. The number of aliphatic hydroxyl groups is 2. The summed E-state index contributed by atoms with van der Waals surface area (Å²) in [6, 6.07) is 18.5. The molecule has 9 heteroatoms. The zero-order valence-corrected chi connectivity index (χ0v) is 23.9. The van der Waals surface area contributed by atoms with Gasteiger partial charge in [0.2, 0.25) is 5.75 Å². The Kier molecular flexibility index (Phi) is 8.90. The van der Waals surface area contributed by atoms with Gasteiger partial charge < -0.3 is 34.7 Å². The van der Waals surface area contributed by atoms with Crippen molar-refractivity contribution in [3.63, 3.8) is 0 Å². The molecule has 0 aliphatic carbocycles. The number of carbonyl (C=O) groups is 1. The van der Waals surface area contributed by atoms with E-state index < -0.39 is 6.04 Å². The zero-order valence-electron chi connectivity index (χ0n) is 23.9. The number of fused-ring (bicyclic) bond motifs is 2. The van der Waals surface area contributed by atoms with Crippen LogP contribution in [0.1, 0.15) is 27.9 Å². The van der Waals surface area contributed by atoms with Crippen LogP contribution >= 0.6 is 0 Å². The van der Waals surface area contributed by atoms with Gasteiger partial charge in [0.05, 0.1) is 50.8 Å². The molecular weight excluding hydrogens is 534 g/mol. The van der Waals surface area contributed by atoms with Crippen molar-refractivity contribution in [1.29, 1.82) is 0 Å². The molecule has 0 aliphatic heterocycles. The van der Waals surface area contributed by atoms with E-state index in [2.05, 4.69) is 10.3 Å². The van der Waals surface area contributed by atoms with Crippen LogP contribution in [-0.2, 0) is 12.8 Å². The molecule has 2 heterocycles. The van der Waals surface area contributed by atoms with Crippen molar-refractivity contribution >= 4 is 27.7 Å². The van der Waals surface area contributed by atoms with Crippen LogP contribution in [0.2, 0.25) is 0 Å². The van der Waals surface area contributed by atoms with Crippen molar-refractivity contribution in [1.82, 2.24) is 15.3 Å².